The van der Waals surface area contributed by atoms with E-state index < -0.39 is 10.0 Å². The summed E-state index contributed by atoms with van der Waals surface area (Å²) in [5, 5.41) is 4.23. The quantitative estimate of drug-likeness (QED) is 0.729. The van der Waals surface area contributed by atoms with E-state index in [1.165, 1.54) is 30.6 Å². The van der Waals surface area contributed by atoms with Crippen molar-refractivity contribution < 1.29 is 13.2 Å². The first-order valence-corrected chi connectivity index (χ1v) is 13.9. The molecule has 1 saturated heterocycles. The average molecular weight is 459 g/mol. The molecule has 1 atom stereocenters. The Morgan fingerprint density at radius 2 is 1.77 bits per heavy atom. The molecule has 31 heavy (non-hydrogen) atoms. The fourth-order valence-corrected chi connectivity index (χ4v) is 10.3. The van der Waals surface area contributed by atoms with Gasteiger partial charge in [0.25, 0.3) is 10.0 Å². The minimum atomic E-state index is -3.47. The van der Waals surface area contributed by atoms with Gasteiger partial charge in [0.1, 0.15) is 4.21 Å². The number of carbonyl (C=O) groups is 1. The van der Waals surface area contributed by atoms with Crippen LogP contribution in [-0.2, 0) is 14.8 Å². The molecule has 4 saturated carbocycles. The Morgan fingerprint density at radius 3 is 2.45 bits per heavy atom. The summed E-state index contributed by atoms with van der Waals surface area (Å²) in [6.45, 7) is 1.63. The summed E-state index contributed by atoms with van der Waals surface area (Å²) < 4.78 is 29.4. The molecule has 1 aromatic carbocycles. The molecule has 1 aromatic heterocycles. The zero-order valence-electron chi connectivity index (χ0n) is 17.8. The number of hydrogen-bond donors (Lipinski definition) is 1. The molecule has 1 unspecified atom stereocenters. The van der Waals surface area contributed by atoms with Crippen LogP contribution < -0.4 is 5.32 Å². The SMILES string of the molecule is O=C(NCC1CCN(S(=O)(=O)c2cc3ccccc3s2)C1)C12CC3CC(CC(C3)C1)C2. The molecule has 7 heteroatoms. The Bertz CT molecular complexity index is 1050. The third-order valence-electron chi connectivity index (χ3n) is 8.32. The van der Waals surface area contributed by atoms with Crippen molar-refractivity contribution in [1.29, 1.82) is 0 Å². The van der Waals surface area contributed by atoms with E-state index in [4.69, 9.17) is 0 Å². The molecule has 1 amide bonds. The molecule has 1 N–H and O–H groups in total. The molecule has 2 aromatic rings. The number of nitrogens with zero attached hydrogens (tertiary/aromatic N) is 1. The van der Waals surface area contributed by atoms with Gasteiger partial charge in [0.2, 0.25) is 5.91 Å². The average Bonchev–Trinajstić information content (AvgIpc) is 3.39. The molecule has 5 fully saturated rings. The Hall–Kier alpha value is -1.44. The number of sulfonamides is 1. The molecular formula is C24H30N2O3S2. The van der Waals surface area contributed by atoms with E-state index in [0.29, 0.717) is 23.8 Å². The second-order valence-electron chi connectivity index (χ2n) is 10.5. The fourth-order valence-electron chi connectivity index (χ4n) is 7.21. The molecular weight excluding hydrogens is 428 g/mol. The summed E-state index contributed by atoms with van der Waals surface area (Å²) in [5.74, 6) is 2.71. The zero-order valence-corrected chi connectivity index (χ0v) is 19.4. The number of fused-ring (bicyclic) bond motifs is 1. The number of rotatable bonds is 5. The van der Waals surface area contributed by atoms with Crippen LogP contribution >= 0.6 is 11.3 Å². The molecule has 0 spiro atoms. The number of amides is 1. The fraction of sp³-hybridized carbons (Fsp3) is 0.625. The van der Waals surface area contributed by atoms with Crippen molar-refractivity contribution >= 4 is 37.4 Å². The van der Waals surface area contributed by atoms with Crippen LogP contribution in [0.3, 0.4) is 0 Å². The van der Waals surface area contributed by atoms with Crippen LogP contribution in [-0.4, -0.2) is 38.3 Å². The highest BCUT2D eigenvalue weighted by Crippen LogP contribution is 2.60. The standard InChI is InChI=1S/C24H30N2O3S2/c27-23(24-11-17-7-18(12-24)9-19(8-17)13-24)25-14-16-5-6-26(15-16)31(28,29)22-10-20-3-1-2-4-21(20)30-22/h1-4,10,16-19H,5-9,11-15H2,(H,25,27). The number of carbonyl (C=O) groups excluding carboxylic acids is 1. The summed E-state index contributed by atoms with van der Waals surface area (Å²) in [6.07, 6.45) is 8.02. The van der Waals surface area contributed by atoms with Crippen molar-refractivity contribution in [2.45, 2.75) is 49.2 Å². The lowest BCUT2D eigenvalue weighted by atomic mass is 9.49. The lowest BCUT2D eigenvalue weighted by molar-refractivity contribution is -0.146. The van der Waals surface area contributed by atoms with Gasteiger partial charge in [-0.1, -0.05) is 18.2 Å². The van der Waals surface area contributed by atoms with Crippen molar-refractivity contribution in [3.63, 3.8) is 0 Å². The number of thiophene rings is 1. The molecule has 4 aliphatic carbocycles. The first kappa shape index (κ1) is 20.2. The smallest absolute Gasteiger partial charge is 0.252 e. The summed E-state index contributed by atoms with van der Waals surface area (Å²) in [4.78, 5) is 13.2. The van der Waals surface area contributed by atoms with Crippen molar-refractivity contribution in [2.75, 3.05) is 19.6 Å². The van der Waals surface area contributed by atoms with E-state index in [0.717, 1.165) is 53.5 Å². The Labute approximate surface area is 188 Å². The van der Waals surface area contributed by atoms with Gasteiger partial charge in [0, 0.05) is 29.7 Å². The van der Waals surface area contributed by atoms with Crippen molar-refractivity contribution in [2.24, 2.45) is 29.1 Å². The van der Waals surface area contributed by atoms with E-state index in [2.05, 4.69) is 5.32 Å². The van der Waals surface area contributed by atoms with Crippen LogP contribution in [0.25, 0.3) is 10.1 Å². The van der Waals surface area contributed by atoms with Crippen molar-refractivity contribution in [3.05, 3.63) is 30.3 Å². The monoisotopic (exact) mass is 458 g/mol. The number of hydrogen-bond acceptors (Lipinski definition) is 4. The predicted molar refractivity (Wildman–Crippen MR) is 122 cm³/mol. The maximum absolute atomic E-state index is 13.2. The number of nitrogens with one attached hydrogen (secondary N) is 1. The van der Waals surface area contributed by atoms with Gasteiger partial charge in [-0.25, -0.2) is 8.42 Å². The molecule has 0 radical (unpaired) electrons. The van der Waals surface area contributed by atoms with Crippen LogP contribution in [0, 0.1) is 29.1 Å². The highest BCUT2D eigenvalue weighted by atomic mass is 32.2. The van der Waals surface area contributed by atoms with Gasteiger partial charge in [-0.05, 0) is 86.1 Å². The summed E-state index contributed by atoms with van der Waals surface area (Å²) in [5.41, 5.74) is -0.129. The second-order valence-corrected chi connectivity index (χ2v) is 13.8. The molecule has 166 valence electrons. The summed E-state index contributed by atoms with van der Waals surface area (Å²) >= 11 is 1.34. The normalized spacial score (nSPS) is 35.1. The lowest BCUT2D eigenvalue weighted by Gasteiger charge is -2.55. The zero-order chi connectivity index (χ0) is 21.2. The molecule has 7 rings (SSSR count). The van der Waals surface area contributed by atoms with E-state index in [1.807, 2.05) is 24.3 Å². The first-order valence-electron chi connectivity index (χ1n) is 11.7. The Morgan fingerprint density at radius 1 is 1.10 bits per heavy atom. The van der Waals surface area contributed by atoms with Crippen molar-refractivity contribution in [1.82, 2.24) is 9.62 Å². The maximum Gasteiger partial charge on any atom is 0.252 e. The van der Waals surface area contributed by atoms with Crippen molar-refractivity contribution in [3.8, 4) is 0 Å². The minimum Gasteiger partial charge on any atom is -0.355 e. The highest BCUT2D eigenvalue weighted by Gasteiger charge is 2.54. The molecule has 2 heterocycles. The van der Waals surface area contributed by atoms with Gasteiger partial charge in [0.05, 0.1) is 0 Å². The van der Waals surface area contributed by atoms with Crippen LogP contribution in [0.2, 0.25) is 0 Å². The third kappa shape index (κ3) is 3.44. The van der Waals surface area contributed by atoms with Gasteiger partial charge in [-0.3, -0.25) is 4.79 Å². The van der Waals surface area contributed by atoms with Crippen LogP contribution in [0.5, 0.6) is 0 Å². The van der Waals surface area contributed by atoms with Gasteiger partial charge < -0.3 is 5.32 Å². The van der Waals surface area contributed by atoms with E-state index in [1.54, 1.807) is 10.4 Å². The van der Waals surface area contributed by atoms with Gasteiger partial charge in [-0.15, -0.1) is 11.3 Å². The Kier molecular flexibility index (Phi) is 4.75. The minimum absolute atomic E-state index is 0.129. The molecule has 5 aliphatic rings. The van der Waals surface area contributed by atoms with Crippen LogP contribution in [0.15, 0.2) is 34.5 Å². The van der Waals surface area contributed by atoms with Gasteiger partial charge >= 0.3 is 0 Å². The largest absolute Gasteiger partial charge is 0.355 e. The summed E-state index contributed by atoms with van der Waals surface area (Å²) in [7, 11) is -3.47. The molecule has 1 aliphatic heterocycles. The van der Waals surface area contributed by atoms with Crippen LogP contribution in [0.1, 0.15) is 44.9 Å². The third-order valence-corrected chi connectivity index (χ3v) is 11.7. The highest BCUT2D eigenvalue weighted by molar-refractivity contribution is 7.91. The molecule has 4 bridgehead atoms. The first-order chi connectivity index (χ1) is 14.9. The van der Waals surface area contributed by atoms with E-state index >= 15 is 0 Å². The Balaban J connectivity index is 1.10. The molecule has 5 nitrogen and oxygen atoms in total. The number of benzene rings is 1. The van der Waals surface area contributed by atoms with E-state index in [-0.39, 0.29) is 17.2 Å². The topological polar surface area (TPSA) is 66.5 Å². The summed E-state index contributed by atoms with van der Waals surface area (Å²) in [6, 6.07) is 9.58. The maximum atomic E-state index is 13.2. The van der Waals surface area contributed by atoms with Gasteiger partial charge in [0.15, 0.2) is 0 Å². The van der Waals surface area contributed by atoms with Crippen LogP contribution in [0.4, 0.5) is 0 Å². The predicted octanol–water partition coefficient (Wildman–Crippen LogP) is 4.24. The lowest BCUT2D eigenvalue weighted by Crippen LogP contribution is -2.54. The van der Waals surface area contributed by atoms with Gasteiger partial charge in [-0.2, -0.15) is 4.31 Å². The van der Waals surface area contributed by atoms with E-state index in [9.17, 15) is 13.2 Å². The second kappa shape index (κ2) is 7.29.